The standard InChI is InChI=1S/C13H14BrN5S/c1-13(2,3)11-16-17-12-19(11)18-10(20-12)7-5-4-6-8(14)9(7)15/h4-6H,15H2,1-3H3. The zero-order valence-electron chi connectivity index (χ0n) is 11.4. The van der Waals surface area contributed by atoms with Crippen LogP contribution in [0, 0.1) is 0 Å². The van der Waals surface area contributed by atoms with Crippen LogP contribution in [0.1, 0.15) is 26.6 Å². The van der Waals surface area contributed by atoms with Crippen LogP contribution in [0.5, 0.6) is 0 Å². The van der Waals surface area contributed by atoms with E-state index in [1.54, 1.807) is 4.52 Å². The lowest BCUT2D eigenvalue weighted by Crippen LogP contribution is -2.16. The molecule has 3 aromatic rings. The molecule has 2 heterocycles. The van der Waals surface area contributed by atoms with Gasteiger partial charge in [0.1, 0.15) is 5.01 Å². The number of aromatic nitrogens is 4. The average molecular weight is 352 g/mol. The lowest BCUT2D eigenvalue weighted by Gasteiger charge is -2.13. The molecular formula is C13H14BrN5S. The summed E-state index contributed by atoms with van der Waals surface area (Å²) in [7, 11) is 0. The number of benzene rings is 1. The number of nitrogen functional groups attached to an aromatic ring is 1. The van der Waals surface area contributed by atoms with Gasteiger partial charge in [-0.3, -0.25) is 0 Å². The topological polar surface area (TPSA) is 69.1 Å². The fourth-order valence-corrected chi connectivity index (χ4v) is 3.16. The monoisotopic (exact) mass is 351 g/mol. The van der Waals surface area contributed by atoms with Crippen LogP contribution in [-0.2, 0) is 5.41 Å². The zero-order valence-corrected chi connectivity index (χ0v) is 13.8. The van der Waals surface area contributed by atoms with Crippen molar-refractivity contribution in [1.29, 1.82) is 0 Å². The third kappa shape index (κ3) is 2.10. The van der Waals surface area contributed by atoms with Gasteiger partial charge in [-0.25, -0.2) is 0 Å². The number of halogens is 1. The Morgan fingerprint density at radius 1 is 1.25 bits per heavy atom. The van der Waals surface area contributed by atoms with Crippen molar-refractivity contribution in [3.63, 3.8) is 0 Å². The molecule has 0 saturated heterocycles. The second-order valence-corrected chi connectivity index (χ2v) is 7.39. The Morgan fingerprint density at radius 2 is 2.00 bits per heavy atom. The first kappa shape index (κ1) is 13.5. The lowest BCUT2D eigenvalue weighted by molar-refractivity contribution is 0.528. The van der Waals surface area contributed by atoms with Gasteiger partial charge in [0.2, 0.25) is 4.96 Å². The number of para-hydroxylation sites is 1. The maximum atomic E-state index is 6.10. The quantitative estimate of drug-likeness (QED) is 0.681. The molecule has 0 radical (unpaired) electrons. The number of anilines is 1. The van der Waals surface area contributed by atoms with E-state index in [-0.39, 0.29) is 5.41 Å². The molecular weight excluding hydrogens is 338 g/mol. The van der Waals surface area contributed by atoms with Gasteiger partial charge < -0.3 is 5.73 Å². The maximum absolute atomic E-state index is 6.10. The molecule has 104 valence electrons. The first-order valence-electron chi connectivity index (χ1n) is 6.15. The summed E-state index contributed by atoms with van der Waals surface area (Å²) < 4.78 is 2.68. The van der Waals surface area contributed by atoms with E-state index >= 15 is 0 Å². The van der Waals surface area contributed by atoms with Gasteiger partial charge in [-0.1, -0.05) is 38.2 Å². The highest BCUT2D eigenvalue weighted by Gasteiger charge is 2.24. The molecule has 0 amide bonds. The van der Waals surface area contributed by atoms with Gasteiger partial charge in [0, 0.05) is 15.5 Å². The van der Waals surface area contributed by atoms with Crippen molar-refractivity contribution in [1.82, 2.24) is 19.8 Å². The number of rotatable bonds is 1. The largest absolute Gasteiger partial charge is 0.397 e. The Labute approximate surface area is 129 Å². The van der Waals surface area contributed by atoms with Crippen LogP contribution in [-0.4, -0.2) is 19.8 Å². The Hall–Kier alpha value is -1.47. The van der Waals surface area contributed by atoms with Crippen molar-refractivity contribution in [3.05, 3.63) is 28.5 Å². The van der Waals surface area contributed by atoms with E-state index in [9.17, 15) is 0 Å². The van der Waals surface area contributed by atoms with Crippen LogP contribution in [0.4, 0.5) is 5.69 Å². The van der Waals surface area contributed by atoms with Crippen LogP contribution in [0.3, 0.4) is 0 Å². The molecule has 3 rings (SSSR count). The van der Waals surface area contributed by atoms with Crippen molar-refractivity contribution in [2.45, 2.75) is 26.2 Å². The SMILES string of the molecule is CC(C)(C)c1nnc2sc(-c3cccc(Br)c3N)nn12. The van der Waals surface area contributed by atoms with Crippen LogP contribution in [0.15, 0.2) is 22.7 Å². The summed E-state index contributed by atoms with van der Waals surface area (Å²) >= 11 is 4.93. The summed E-state index contributed by atoms with van der Waals surface area (Å²) in [5.74, 6) is 0.851. The minimum Gasteiger partial charge on any atom is -0.397 e. The Balaban J connectivity index is 2.19. The second-order valence-electron chi connectivity index (χ2n) is 5.58. The number of nitrogens with zero attached hydrogens (tertiary/aromatic N) is 4. The van der Waals surface area contributed by atoms with Gasteiger partial charge >= 0.3 is 0 Å². The molecule has 0 spiro atoms. The summed E-state index contributed by atoms with van der Waals surface area (Å²) in [4.78, 5) is 0.782. The normalized spacial score (nSPS) is 12.2. The molecule has 5 nitrogen and oxygen atoms in total. The Morgan fingerprint density at radius 3 is 2.70 bits per heavy atom. The van der Waals surface area contributed by atoms with Crippen LogP contribution in [0.2, 0.25) is 0 Å². The number of hydrogen-bond acceptors (Lipinski definition) is 5. The van der Waals surface area contributed by atoms with Crippen LogP contribution >= 0.6 is 27.3 Å². The smallest absolute Gasteiger partial charge is 0.235 e. The first-order chi connectivity index (χ1) is 9.38. The van der Waals surface area contributed by atoms with Crippen molar-refractivity contribution in [3.8, 4) is 10.6 Å². The molecule has 20 heavy (non-hydrogen) atoms. The number of nitrogens with two attached hydrogens (primary N) is 1. The van der Waals surface area contributed by atoms with Crippen molar-refractivity contribution >= 4 is 37.9 Å². The predicted octanol–water partition coefficient (Wildman–Crippen LogP) is 3.50. The average Bonchev–Trinajstić information content (AvgIpc) is 2.90. The molecule has 2 N–H and O–H groups in total. The van der Waals surface area contributed by atoms with E-state index in [1.165, 1.54) is 11.3 Å². The summed E-state index contributed by atoms with van der Waals surface area (Å²) in [5.41, 5.74) is 7.60. The molecule has 0 bridgehead atoms. The minimum atomic E-state index is -0.104. The molecule has 0 aliphatic carbocycles. The van der Waals surface area contributed by atoms with Crippen LogP contribution < -0.4 is 5.73 Å². The highest BCUT2D eigenvalue weighted by molar-refractivity contribution is 9.10. The van der Waals surface area contributed by atoms with E-state index in [4.69, 9.17) is 5.73 Å². The van der Waals surface area contributed by atoms with Gasteiger partial charge in [-0.15, -0.1) is 10.2 Å². The first-order valence-corrected chi connectivity index (χ1v) is 7.76. The van der Waals surface area contributed by atoms with E-state index in [1.807, 2.05) is 18.2 Å². The summed E-state index contributed by atoms with van der Waals surface area (Å²) in [5, 5.41) is 13.9. The molecule has 7 heteroatoms. The van der Waals surface area contributed by atoms with E-state index in [2.05, 4.69) is 52.0 Å². The molecule has 0 aliphatic heterocycles. The van der Waals surface area contributed by atoms with Gasteiger partial charge in [0.05, 0.1) is 5.69 Å². The molecule has 1 aromatic carbocycles. The Bertz CT molecular complexity index is 784. The lowest BCUT2D eigenvalue weighted by atomic mass is 9.96. The second kappa shape index (κ2) is 4.53. The van der Waals surface area contributed by atoms with E-state index in [0.717, 1.165) is 25.8 Å². The third-order valence-corrected chi connectivity index (χ3v) is 4.57. The molecule has 0 aliphatic rings. The van der Waals surface area contributed by atoms with Gasteiger partial charge in [-0.05, 0) is 28.1 Å². The van der Waals surface area contributed by atoms with Gasteiger partial charge in [-0.2, -0.15) is 9.61 Å². The van der Waals surface area contributed by atoms with Crippen molar-refractivity contribution in [2.75, 3.05) is 5.73 Å². The fourth-order valence-electron chi connectivity index (χ4n) is 1.92. The van der Waals surface area contributed by atoms with E-state index < -0.39 is 0 Å². The Kier molecular flexibility index (Phi) is 3.06. The maximum Gasteiger partial charge on any atom is 0.235 e. The highest BCUT2D eigenvalue weighted by atomic mass is 79.9. The number of fused-ring (bicyclic) bond motifs is 1. The molecule has 0 fully saturated rings. The van der Waals surface area contributed by atoms with Crippen molar-refractivity contribution < 1.29 is 0 Å². The zero-order chi connectivity index (χ0) is 14.5. The molecule has 2 aromatic heterocycles. The van der Waals surface area contributed by atoms with Gasteiger partial charge in [0.25, 0.3) is 0 Å². The predicted molar refractivity (Wildman–Crippen MR) is 84.9 cm³/mol. The number of hydrogen-bond donors (Lipinski definition) is 1. The van der Waals surface area contributed by atoms with E-state index in [0.29, 0.717) is 5.69 Å². The summed E-state index contributed by atoms with van der Waals surface area (Å²) in [6.07, 6.45) is 0. The van der Waals surface area contributed by atoms with Gasteiger partial charge in [0.15, 0.2) is 5.82 Å². The molecule has 0 atom stereocenters. The molecule has 0 unspecified atom stereocenters. The summed E-state index contributed by atoms with van der Waals surface area (Å²) in [6, 6.07) is 5.82. The summed E-state index contributed by atoms with van der Waals surface area (Å²) in [6.45, 7) is 6.28. The highest BCUT2D eigenvalue weighted by Crippen LogP contribution is 2.34. The minimum absolute atomic E-state index is 0.104. The van der Waals surface area contributed by atoms with Crippen LogP contribution in [0.25, 0.3) is 15.5 Å². The van der Waals surface area contributed by atoms with Crippen molar-refractivity contribution in [2.24, 2.45) is 0 Å². The third-order valence-electron chi connectivity index (χ3n) is 2.95. The fraction of sp³-hybridized carbons (Fsp3) is 0.308. The molecule has 0 saturated carbocycles.